The zero-order valence-corrected chi connectivity index (χ0v) is 12.6. The van der Waals surface area contributed by atoms with Crippen LogP contribution in [0.2, 0.25) is 0 Å². The van der Waals surface area contributed by atoms with Crippen molar-refractivity contribution in [2.45, 2.75) is 12.5 Å². The second-order valence-electron chi connectivity index (χ2n) is 5.29. The van der Waals surface area contributed by atoms with E-state index in [2.05, 4.69) is 10.6 Å². The lowest BCUT2D eigenvalue weighted by molar-refractivity contribution is -0.128. The number of primary amides is 1. The van der Waals surface area contributed by atoms with Gasteiger partial charge in [0.1, 0.15) is 5.75 Å². The van der Waals surface area contributed by atoms with Crippen molar-refractivity contribution in [3.05, 3.63) is 54.1 Å². The van der Waals surface area contributed by atoms with E-state index in [4.69, 9.17) is 10.5 Å². The van der Waals surface area contributed by atoms with E-state index in [0.29, 0.717) is 17.1 Å². The maximum Gasteiger partial charge on any atom is 0.266 e. The summed E-state index contributed by atoms with van der Waals surface area (Å²) in [5.74, 6) is -0.853. The number of para-hydroxylation sites is 2. The SMILES string of the molecule is NC(=O)c1cccc(NC(=O)CC2Oc3ccccc3NC2=O)c1. The summed E-state index contributed by atoms with van der Waals surface area (Å²) in [4.78, 5) is 35.3. The average Bonchev–Trinajstić information content (AvgIpc) is 2.55. The number of benzene rings is 2. The smallest absolute Gasteiger partial charge is 0.266 e. The molecule has 0 aliphatic carbocycles. The number of carbonyl (C=O) groups is 3. The molecule has 0 saturated heterocycles. The molecule has 7 nitrogen and oxygen atoms in total. The average molecular weight is 325 g/mol. The molecule has 1 heterocycles. The van der Waals surface area contributed by atoms with Gasteiger partial charge in [-0.05, 0) is 30.3 Å². The molecule has 0 fully saturated rings. The van der Waals surface area contributed by atoms with E-state index in [1.54, 1.807) is 42.5 Å². The summed E-state index contributed by atoms with van der Waals surface area (Å²) in [5.41, 5.74) is 6.49. The van der Waals surface area contributed by atoms with Crippen LogP contribution in [0.25, 0.3) is 0 Å². The van der Waals surface area contributed by atoms with Crippen LogP contribution in [0.5, 0.6) is 5.75 Å². The molecule has 7 heteroatoms. The van der Waals surface area contributed by atoms with E-state index in [0.717, 1.165) is 0 Å². The summed E-state index contributed by atoms with van der Waals surface area (Å²) in [7, 11) is 0. The highest BCUT2D eigenvalue weighted by Crippen LogP contribution is 2.29. The molecule has 1 unspecified atom stereocenters. The number of nitrogens with two attached hydrogens (primary N) is 1. The number of hydrogen-bond donors (Lipinski definition) is 3. The van der Waals surface area contributed by atoms with Gasteiger partial charge in [0.15, 0.2) is 6.10 Å². The first-order valence-electron chi connectivity index (χ1n) is 7.29. The molecule has 1 atom stereocenters. The molecule has 122 valence electrons. The highest BCUT2D eigenvalue weighted by molar-refractivity contribution is 6.02. The normalized spacial score (nSPS) is 15.7. The van der Waals surface area contributed by atoms with Crippen LogP contribution >= 0.6 is 0 Å². The Morgan fingerprint density at radius 2 is 1.96 bits per heavy atom. The van der Waals surface area contributed by atoms with E-state index in [1.165, 1.54) is 6.07 Å². The minimum Gasteiger partial charge on any atom is -0.478 e. The van der Waals surface area contributed by atoms with Crippen LogP contribution in [-0.2, 0) is 9.59 Å². The van der Waals surface area contributed by atoms with Gasteiger partial charge < -0.3 is 21.1 Å². The largest absolute Gasteiger partial charge is 0.478 e. The van der Waals surface area contributed by atoms with E-state index >= 15 is 0 Å². The molecular formula is C17H15N3O4. The first kappa shape index (κ1) is 15.5. The summed E-state index contributed by atoms with van der Waals surface area (Å²) < 4.78 is 5.57. The van der Waals surface area contributed by atoms with Crippen molar-refractivity contribution < 1.29 is 19.1 Å². The summed E-state index contributed by atoms with van der Waals surface area (Å²) in [6, 6.07) is 13.3. The van der Waals surface area contributed by atoms with Crippen LogP contribution < -0.4 is 21.1 Å². The number of amides is 3. The first-order valence-corrected chi connectivity index (χ1v) is 7.29. The molecule has 3 amide bonds. The lowest BCUT2D eigenvalue weighted by Gasteiger charge is -2.25. The van der Waals surface area contributed by atoms with Crippen LogP contribution in [-0.4, -0.2) is 23.8 Å². The monoisotopic (exact) mass is 325 g/mol. The molecule has 2 aromatic rings. The maximum absolute atomic E-state index is 12.1. The fourth-order valence-corrected chi connectivity index (χ4v) is 2.36. The van der Waals surface area contributed by atoms with Crippen LogP contribution in [0.3, 0.4) is 0 Å². The summed E-state index contributed by atoms with van der Waals surface area (Å²) >= 11 is 0. The van der Waals surface area contributed by atoms with Gasteiger partial charge in [-0.15, -0.1) is 0 Å². The van der Waals surface area contributed by atoms with E-state index < -0.39 is 17.9 Å². The van der Waals surface area contributed by atoms with Gasteiger partial charge in [-0.3, -0.25) is 14.4 Å². The molecule has 0 radical (unpaired) electrons. The minimum absolute atomic E-state index is 0.152. The maximum atomic E-state index is 12.1. The number of fused-ring (bicyclic) bond motifs is 1. The molecule has 3 rings (SSSR count). The Morgan fingerprint density at radius 1 is 1.17 bits per heavy atom. The highest BCUT2D eigenvalue weighted by atomic mass is 16.5. The van der Waals surface area contributed by atoms with E-state index in [9.17, 15) is 14.4 Å². The number of anilines is 2. The van der Waals surface area contributed by atoms with Crippen molar-refractivity contribution in [1.29, 1.82) is 0 Å². The van der Waals surface area contributed by atoms with Crippen molar-refractivity contribution in [2.24, 2.45) is 5.73 Å². The van der Waals surface area contributed by atoms with Crippen molar-refractivity contribution in [1.82, 2.24) is 0 Å². The molecule has 2 aromatic carbocycles. The number of rotatable bonds is 4. The predicted molar refractivity (Wildman–Crippen MR) is 87.7 cm³/mol. The lowest BCUT2D eigenvalue weighted by Crippen LogP contribution is -2.39. The Balaban J connectivity index is 1.66. The van der Waals surface area contributed by atoms with Gasteiger partial charge in [-0.25, -0.2) is 0 Å². The topological polar surface area (TPSA) is 111 Å². The molecule has 0 saturated carbocycles. The molecule has 0 aromatic heterocycles. The number of carbonyl (C=O) groups excluding carboxylic acids is 3. The molecule has 24 heavy (non-hydrogen) atoms. The third kappa shape index (κ3) is 3.35. The second-order valence-corrected chi connectivity index (χ2v) is 5.29. The van der Waals surface area contributed by atoms with Crippen molar-refractivity contribution in [3.8, 4) is 5.75 Å². The molecular weight excluding hydrogens is 310 g/mol. The number of ether oxygens (including phenoxy) is 1. The van der Waals surface area contributed by atoms with Crippen LogP contribution in [0.1, 0.15) is 16.8 Å². The molecule has 1 aliphatic rings. The highest BCUT2D eigenvalue weighted by Gasteiger charge is 2.29. The van der Waals surface area contributed by atoms with Gasteiger partial charge in [-0.2, -0.15) is 0 Å². The predicted octanol–water partition coefficient (Wildman–Crippen LogP) is 1.51. The Kier molecular flexibility index (Phi) is 4.15. The summed E-state index contributed by atoms with van der Waals surface area (Å²) in [5, 5.41) is 5.32. The quantitative estimate of drug-likeness (QED) is 0.791. The van der Waals surface area contributed by atoms with Crippen LogP contribution in [0.4, 0.5) is 11.4 Å². The molecule has 4 N–H and O–H groups in total. The zero-order chi connectivity index (χ0) is 17.1. The van der Waals surface area contributed by atoms with E-state index in [1.807, 2.05) is 0 Å². The Labute approximate surface area is 137 Å². The Morgan fingerprint density at radius 3 is 2.75 bits per heavy atom. The van der Waals surface area contributed by atoms with Gasteiger partial charge >= 0.3 is 0 Å². The minimum atomic E-state index is -0.917. The van der Waals surface area contributed by atoms with Crippen molar-refractivity contribution >= 4 is 29.1 Å². The van der Waals surface area contributed by atoms with Crippen LogP contribution in [0, 0.1) is 0 Å². The fraction of sp³-hybridized carbons (Fsp3) is 0.118. The third-order valence-corrected chi connectivity index (χ3v) is 3.51. The second kappa shape index (κ2) is 6.41. The molecule has 1 aliphatic heterocycles. The Hall–Kier alpha value is -3.35. The summed E-state index contributed by atoms with van der Waals surface area (Å²) in [6.07, 6.45) is -1.07. The van der Waals surface area contributed by atoms with Gasteiger partial charge in [-0.1, -0.05) is 18.2 Å². The third-order valence-electron chi connectivity index (χ3n) is 3.51. The summed E-state index contributed by atoms with van der Waals surface area (Å²) in [6.45, 7) is 0. The lowest BCUT2D eigenvalue weighted by atomic mass is 10.1. The zero-order valence-electron chi connectivity index (χ0n) is 12.6. The first-order chi connectivity index (χ1) is 11.5. The van der Waals surface area contributed by atoms with E-state index in [-0.39, 0.29) is 17.9 Å². The standard InChI is InChI=1S/C17H15N3O4/c18-16(22)10-4-3-5-11(8-10)19-15(21)9-14-17(23)20-12-6-1-2-7-13(12)24-14/h1-8,14H,9H2,(H2,18,22)(H,19,21)(H,20,23). The van der Waals surface area contributed by atoms with Crippen molar-refractivity contribution in [3.63, 3.8) is 0 Å². The number of nitrogens with one attached hydrogen (secondary N) is 2. The van der Waals surface area contributed by atoms with Gasteiger partial charge in [0, 0.05) is 11.3 Å². The van der Waals surface area contributed by atoms with Crippen molar-refractivity contribution in [2.75, 3.05) is 10.6 Å². The van der Waals surface area contributed by atoms with Gasteiger partial charge in [0.25, 0.3) is 5.91 Å². The Bertz CT molecular complexity index is 819. The fourth-order valence-electron chi connectivity index (χ4n) is 2.36. The van der Waals surface area contributed by atoms with Crippen LogP contribution in [0.15, 0.2) is 48.5 Å². The number of hydrogen-bond acceptors (Lipinski definition) is 4. The molecule has 0 spiro atoms. The van der Waals surface area contributed by atoms with Gasteiger partial charge in [0.05, 0.1) is 12.1 Å². The molecule has 0 bridgehead atoms. The van der Waals surface area contributed by atoms with Gasteiger partial charge in [0.2, 0.25) is 11.8 Å².